The molecule has 1 aromatic rings. The summed E-state index contributed by atoms with van der Waals surface area (Å²) in [6.07, 6.45) is 4.23. The van der Waals surface area contributed by atoms with Crippen LogP contribution in [0.4, 0.5) is 0 Å². The van der Waals surface area contributed by atoms with Gasteiger partial charge in [0.05, 0.1) is 0 Å². The summed E-state index contributed by atoms with van der Waals surface area (Å²) in [7, 11) is 0. The fourth-order valence-corrected chi connectivity index (χ4v) is 3.22. The predicted octanol–water partition coefficient (Wildman–Crippen LogP) is 2.67. The van der Waals surface area contributed by atoms with Crippen LogP contribution in [-0.2, 0) is 6.42 Å². The van der Waals surface area contributed by atoms with E-state index in [1.807, 2.05) is 30.3 Å². The summed E-state index contributed by atoms with van der Waals surface area (Å²) in [4.78, 5) is 11.0. The second-order valence-corrected chi connectivity index (χ2v) is 5.43. The van der Waals surface area contributed by atoms with Crippen molar-refractivity contribution in [2.24, 2.45) is 11.8 Å². The SMILES string of the molecule is O=[N+]([O-])[C@@H]1CCCC[C@@H]1[C@H](CO)Cc1ccccc1. The van der Waals surface area contributed by atoms with E-state index in [1.165, 1.54) is 0 Å². The quantitative estimate of drug-likeness (QED) is 0.656. The van der Waals surface area contributed by atoms with Crippen LogP contribution in [-0.4, -0.2) is 22.7 Å². The Labute approximate surface area is 113 Å². The average Bonchev–Trinajstić information content (AvgIpc) is 2.46. The van der Waals surface area contributed by atoms with E-state index in [-0.39, 0.29) is 23.4 Å². The Morgan fingerprint density at radius 2 is 1.95 bits per heavy atom. The number of nitro groups is 1. The van der Waals surface area contributed by atoms with Crippen LogP contribution in [0.1, 0.15) is 31.2 Å². The number of nitrogens with zero attached hydrogens (tertiary/aromatic N) is 1. The van der Waals surface area contributed by atoms with Gasteiger partial charge in [-0.15, -0.1) is 0 Å². The molecule has 0 unspecified atom stereocenters. The Morgan fingerprint density at radius 1 is 1.26 bits per heavy atom. The summed E-state index contributed by atoms with van der Waals surface area (Å²) in [5.74, 6) is 0.00653. The maximum absolute atomic E-state index is 11.2. The van der Waals surface area contributed by atoms with Crippen LogP contribution in [0.2, 0.25) is 0 Å². The largest absolute Gasteiger partial charge is 0.396 e. The molecule has 1 aromatic carbocycles. The van der Waals surface area contributed by atoms with Crippen molar-refractivity contribution in [3.8, 4) is 0 Å². The van der Waals surface area contributed by atoms with E-state index in [4.69, 9.17) is 0 Å². The molecule has 1 saturated carbocycles. The number of rotatable bonds is 5. The molecule has 0 radical (unpaired) electrons. The van der Waals surface area contributed by atoms with Gasteiger partial charge in [0, 0.05) is 23.9 Å². The fraction of sp³-hybridized carbons (Fsp3) is 0.600. The molecule has 1 aliphatic rings. The van der Waals surface area contributed by atoms with Crippen molar-refractivity contribution >= 4 is 0 Å². The highest BCUT2D eigenvalue weighted by atomic mass is 16.6. The summed E-state index contributed by atoms with van der Waals surface area (Å²) < 4.78 is 0. The average molecular weight is 263 g/mol. The van der Waals surface area contributed by atoms with E-state index < -0.39 is 6.04 Å². The second-order valence-electron chi connectivity index (χ2n) is 5.43. The van der Waals surface area contributed by atoms with Gasteiger partial charge in [0.1, 0.15) is 0 Å². The molecule has 2 rings (SSSR count). The number of aliphatic hydroxyl groups excluding tert-OH is 1. The van der Waals surface area contributed by atoms with Crippen LogP contribution >= 0.6 is 0 Å². The van der Waals surface area contributed by atoms with E-state index in [9.17, 15) is 15.2 Å². The van der Waals surface area contributed by atoms with E-state index >= 15 is 0 Å². The molecule has 0 spiro atoms. The van der Waals surface area contributed by atoms with Gasteiger partial charge in [0.25, 0.3) is 0 Å². The lowest BCUT2D eigenvalue weighted by molar-refractivity contribution is -0.538. The van der Waals surface area contributed by atoms with Crippen LogP contribution in [0.15, 0.2) is 30.3 Å². The van der Waals surface area contributed by atoms with E-state index in [0.29, 0.717) is 6.42 Å². The second kappa shape index (κ2) is 6.66. The minimum atomic E-state index is -0.477. The summed E-state index contributed by atoms with van der Waals surface area (Å²) in [5, 5.41) is 20.8. The highest BCUT2D eigenvalue weighted by molar-refractivity contribution is 5.15. The minimum absolute atomic E-state index is 0.00176. The summed E-state index contributed by atoms with van der Waals surface area (Å²) in [5.41, 5.74) is 1.15. The van der Waals surface area contributed by atoms with Gasteiger partial charge in [0.2, 0.25) is 6.04 Å². The maximum atomic E-state index is 11.2. The molecule has 19 heavy (non-hydrogen) atoms. The molecule has 1 N–H and O–H groups in total. The number of hydrogen-bond donors (Lipinski definition) is 1. The number of benzene rings is 1. The zero-order chi connectivity index (χ0) is 13.7. The standard InChI is InChI=1S/C15H21NO3/c17-11-13(10-12-6-2-1-3-7-12)14-8-4-5-9-15(14)16(18)19/h1-3,6-7,13-15,17H,4-5,8-11H2/t13-,14+,15+/m0/s1. The molecule has 0 saturated heterocycles. The van der Waals surface area contributed by atoms with Gasteiger partial charge in [-0.05, 0) is 30.7 Å². The molecule has 1 aliphatic carbocycles. The first-order valence-corrected chi connectivity index (χ1v) is 7.00. The zero-order valence-electron chi connectivity index (χ0n) is 11.1. The zero-order valence-corrected chi connectivity index (χ0v) is 11.1. The third-order valence-electron chi connectivity index (χ3n) is 4.23. The van der Waals surface area contributed by atoms with Gasteiger partial charge in [-0.1, -0.05) is 36.8 Å². The van der Waals surface area contributed by atoms with Crippen molar-refractivity contribution in [1.29, 1.82) is 0 Å². The van der Waals surface area contributed by atoms with Gasteiger partial charge < -0.3 is 5.11 Å². The van der Waals surface area contributed by atoms with Crippen LogP contribution in [0.5, 0.6) is 0 Å². The normalized spacial score (nSPS) is 24.9. The van der Waals surface area contributed by atoms with Gasteiger partial charge in [-0.3, -0.25) is 10.1 Å². The van der Waals surface area contributed by atoms with Crippen molar-refractivity contribution in [3.05, 3.63) is 46.0 Å². The molecular weight excluding hydrogens is 242 g/mol. The van der Waals surface area contributed by atoms with Crippen LogP contribution in [0, 0.1) is 22.0 Å². The Kier molecular flexibility index (Phi) is 4.91. The highest BCUT2D eigenvalue weighted by Crippen LogP contribution is 2.33. The summed E-state index contributed by atoms with van der Waals surface area (Å²) in [6, 6.07) is 9.46. The first-order valence-electron chi connectivity index (χ1n) is 7.00. The number of hydrogen-bond acceptors (Lipinski definition) is 3. The Morgan fingerprint density at radius 3 is 2.58 bits per heavy atom. The molecule has 0 aromatic heterocycles. The van der Waals surface area contributed by atoms with Crippen molar-refractivity contribution in [3.63, 3.8) is 0 Å². The lowest BCUT2D eigenvalue weighted by Gasteiger charge is -2.31. The highest BCUT2D eigenvalue weighted by Gasteiger charge is 2.38. The van der Waals surface area contributed by atoms with Crippen LogP contribution < -0.4 is 0 Å². The maximum Gasteiger partial charge on any atom is 0.216 e. The van der Waals surface area contributed by atoms with Crippen molar-refractivity contribution < 1.29 is 10.0 Å². The third kappa shape index (κ3) is 3.53. The van der Waals surface area contributed by atoms with Gasteiger partial charge in [-0.25, -0.2) is 0 Å². The van der Waals surface area contributed by atoms with Gasteiger partial charge in [-0.2, -0.15) is 0 Å². The van der Waals surface area contributed by atoms with Crippen LogP contribution in [0.3, 0.4) is 0 Å². The van der Waals surface area contributed by atoms with Gasteiger partial charge >= 0.3 is 0 Å². The Balaban J connectivity index is 2.09. The van der Waals surface area contributed by atoms with E-state index in [1.54, 1.807) is 0 Å². The Bertz CT molecular complexity index is 407. The molecule has 4 nitrogen and oxygen atoms in total. The number of aliphatic hydroxyl groups is 1. The van der Waals surface area contributed by atoms with E-state index in [0.717, 1.165) is 31.2 Å². The molecule has 0 aliphatic heterocycles. The summed E-state index contributed by atoms with van der Waals surface area (Å²) >= 11 is 0. The van der Waals surface area contributed by atoms with Crippen molar-refractivity contribution in [2.75, 3.05) is 6.61 Å². The van der Waals surface area contributed by atoms with Gasteiger partial charge in [0.15, 0.2) is 0 Å². The molecule has 0 heterocycles. The molecular formula is C15H21NO3. The molecule has 3 atom stereocenters. The Hall–Kier alpha value is -1.42. The first kappa shape index (κ1) is 14.0. The van der Waals surface area contributed by atoms with Crippen LogP contribution in [0.25, 0.3) is 0 Å². The predicted molar refractivity (Wildman–Crippen MR) is 73.5 cm³/mol. The molecule has 0 bridgehead atoms. The molecule has 4 heteroatoms. The fourth-order valence-electron chi connectivity index (χ4n) is 3.22. The van der Waals surface area contributed by atoms with Crippen molar-refractivity contribution in [1.82, 2.24) is 0 Å². The topological polar surface area (TPSA) is 63.4 Å². The molecule has 1 fully saturated rings. The smallest absolute Gasteiger partial charge is 0.216 e. The lowest BCUT2D eigenvalue weighted by Crippen LogP contribution is -2.39. The monoisotopic (exact) mass is 263 g/mol. The van der Waals surface area contributed by atoms with E-state index in [2.05, 4.69) is 0 Å². The first-order chi connectivity index (χ1) is 9.22. The minimum Gasteiger partial charge on any atom is -0.396 e. The van der Waals surface area contributed by atoms with Crippen molar-refractivity contribution in [2.45, 2.75) is 38.1 Å². The summed E-state index contributed by atoms with van der Waals surface area (Å²) in [6.45, 7) is 0.0316. The third-order valence-corrected chi connectivity index (χ3v) is 4.23. The lowest BCUT2D eigenvalue weighted by atomic mass is 9.75. The molecule has 0 amide bonds. The molecule has 104 valence electrons.